The lowest BCUT2D eigenvalue weighted by Gasteiger charge is -2.16. The van der Waals surface area contributed by atoms with Crippen molar-refractivity contribution in [3.05, 3.63) is 95.6 Å². The number of halogens is 1. The van der Waals surface area contributed by atoms with Crippen molar-refractivity contribution in [3.63, 3.8) is 0 Å². The van der Waals surface area contributed by atoms with Gasteiger partial charge < -0.3 is 15.8 Å². The number of imidazole rings is 1. The maximum atomic E-state index is 13.9. The van der Waals surface area contributed by atoms with Gasteiger partial charge in [-0.2, -0.15) is 8.42 Å². The summed E-state index contributed by atoms with van der Waals surface area (Å²) in [6.07, 6.45) is 0. The molecule has 4 rings (SSSR count). The highest BCUT2D eigenvalue weighted by molar-refractivity contribution is 7.90. The first-order chi connectivity index (χ1) is 17.4. The zero-order valence-corrected chi connectivity index (χ0v) is 20.7. The number of nitrogens with two attached hydrogens (primary N) is 1. The molecule has 0 saturated heterocycles. The van der Waals surface area contributed by atoms with Gasteiger partial charge in [-0.25, -0.2) is 9.37 Å². The van der Waals surface area contributed by atoms with Gasteiger partial charge in [-0.15, -0.1) is 4.40 Å². The van der Waals surface area contributed by atoms with Gasteiger partial charge in [-0.1, -0.05) is 36.4 Å². The summed E-state index contributed by atoms with van der Waals surface area (Å²) < 4.78 is 42.9. The molecule has 0 fully saturated rings. The van der Waals surface area contributed by atoms with Crippen LogP contribution < -0.4 is 5.73 Å². The Labute approximate surface area is 211 Å². The molecule has 0 amide bonds. The lowest BCUT2D eigenvalue weighted by molar-refractivity contribution is 0.0855. The molecule has 0 aliphatic carbocycles. The minimum Gasteiger partial charge on any atom is -0.384 e. The van der Waals surface area contributed by atoms with Crippen LogP contribution in [0, 0.1) is 5.82 Å². The van der Waals surface area contributed by atoms with Gasteiger partial charge in [0.25, 0.3) is 10.0 Å². The maximum Gasteiger partial charge on any atom is 0.284 e. The molecule has 0 bridgehead atoms. The van der Waals surface area contributed by atoms with E-state index in [0.717, 1.165) is 12.1 Å². The summed E-state index contributed by atoms with van der Waals surface area (Å²) in [5.74, 6) is -4.16. The van der Waals surface area contributed by atoms with E-state index in [0.29, 0.717) is 11.0 Å². The number of carbonyl (C=O) groups excluding carboxylic acids is 2. The Morgan fingerprint density at radius 2 is 1.62 bits per heavy atom. The van der Waals surface area contributed by atoms with Gasteiger partial charge >= 0.3 is 0 Å². The smallest absolute Gasteiger partial charge is 0.284 e. The zero-order valence-electron chi connectivity index (χ0n) is 19.8. The average Bonchev–Trinajstić information content (AvgIpc) is 3.27. The molecule has 4 N–H and O–H groups in total. The summed E-state index contributed by atoms with van der Waals surface area (Å²) in [7, 11) is -4.39. The first-order valence-electron chi connectivity index (χ1n) is 11.1. The average molecular weight is 523 g/mol. The highest BCUT2D eigenvalue weighted by Gasteiger charge is 2.34. The molecule has 4 aromatic rings. The van der Waals surface area contributed by atoms with Crippen LogP contribution >= 0.6 is 0 Å². The number of hydrogen-bond donors (Lipinski definition) is 3. The Balaban J connectivity index is 1.81. The van der Waals surface area contributed by atoms with Gasteiger partial charge in [-0.3, -0.25) is 9.59 Å². The largest absolute Gasteiger partial charge is 0.384 e. The van der Waals surface area contributed by atoms with Crippen molar-refractivity contribution in [2.24, 2.45) is 10.1 Å². The number of benzene rings is 3. The van der Waals surface area contributed by atoms with Crippen LogP contribution in [0.25, 0.3) is 11.0 Å². The number of aromatic nitrogens is 2. The number of H-pyrrole nitrogens is 1. The minimum atomic E-state index is -4.39. The van der Waals surface area contributed by atoms with Gasteiger partial charge in [-0.05, 0) is 50.2 Å². The lowest BCUT2D eigenvalue weighted by atomic mass is 9.89. The molecule has 1 aromatic heterocycles. The molecule has 0 saturated carbocycles. The number of carbonyl (C=O) groups is 2. The topological polar surface area (TPSA) is 156 Å². The third-order valence-corrected chi connectivity index (χ3v) is 6.86. The van der Waals surface area contributed by atoms with E-state index >= 15 is 0 Å². The van der Waals surface area contributed by atoms with Crippen molar-refractivity contribution >= 4 is 38.5 Å². The maximum absolute atomic E-state index is 13.9. The summed E-state index contributed by atoms with van der Waals surface area (Å²) >= 11 is 0. The summed E-state index contributed by atoms with van der Waals surface area (Å²) in [6, 6.07) is 16.8. The van der Waals surface area contributed by atoms with Crippen LogP contribution in [-0.2, 0) is 10.0 Å². The second kappa shape index (κ2) is 9.68. The molecule has 1 atom stereocenters. The van der Waals surface area contributed by atoms with Crippen LogP contribution in [0.15, 0.2) is 82.1 Å². The fourth-order valence-electron chi connectivity index (χ4n) is 3.56. The molecule has 0 spiro atoms. The zero-order chi connectivity index (χ0) is 27.0. The predicted octanol–water partition coefficient (Wildman–Crippen LogP) is 3.37. The standard InChI is InChI=1S/C26H23FN4O5S/c1-26(2,34)25(28)31-37(35,36)18-10-6-8-16(14-18)23(33)21(22(32)15-7-5-9-17(27)13-15)24-29-19-11-3-4-12-20(19)30-24/h3-14,21,34H,1-2H3,(H2,28,31)(H,29,30). The fraction of sp³-hybridized carbons (Fsp3) is 0.154. The van der Waals surface area contributed by atoms with Crippen LogP contribution in [0.1, 0.15) is 46.3 Å². The van der Waals surface area contributed by atoms with Crippen LogP contribution in [0.2, 0.25) is 0 Å². The molecule has 0 aliphatic rings. The number of aliphatic hydroxyl groups is 1. The Morgan fingerprint density at radius 1 is 1.00 bits per heavy atom. The molecule has 1 unspecified atom stereocenters. The molecular formula is C26H23FN4O5S. The number of amidine groups is 1. The number of aromatic amines is 1. The van der Waals surface area contributed by atoms with Crippen molar-refractivity contribution in [1.29, 1.82) is 0 Å². The number of Topliss-reactive ketones (excluding diaryl/α,β-unsaturated/α-hetero) is 2. The third kappa shape index (κ3) is 5.47. The number of sulfonamides is 1. The van der Waals surface area contributed by atoms with Gasteiger partial charge in [0.15, 0.2) is 11.6 Å². The molecule has 9 nitrogen and oxygen atoms in total. The van der Waals surface area contributed by atoms with Crippen LogP contribution in [0.5, 0.6) is 0 Å². The Hall–Kier alpha value is -4.22. The number of fused-ring (bicyclic) bond motifs is 1. The number of hydrogen-bond acceptors (Lipinski definition) is 6. The fourth-order valence-corrected chi connectivity index (χ4v) is 4.67. The second-order valence-electron chi connectivity index (χ2n) is 8.85. The van der Waals surface area contributed by atoms with Gasteiger partial charge in [0, 0.05) is 11.1 Å². The van der Waals surface area contributed by atoms with E-state index in [4.69, 9.17) is 5.73 Å². The van der Waals surface area contributed by atoms with Crippen LogP contribution in [0.4, 0.5) is 4.39 Å². The van der Waals surface area contributed by atoms with Gasteiger partial charge in [0.1, 0.15) is 29.0 Å². The van der Waals surface area contributed by atoms with Crippen molar-refractivity contribution in [2.75, 3.05) is 0 Å². The number of rotatable bonds is 8. The first-order valence-corrected chi connectivity index (χ1v) is 12.5. The first kappa shape index (κ1) is 25.9. The van der Waals surface area contributed by atoms with E-state index in [1.54, 1.807) is 24.3 Å². The van der Waals surface area contributed by atoms with Gasteiger partial charge in [0.2, 0.25) is 0 Å². The number of ketones is 2. The highest BCUT2D eigenvalue weighted by atomic mass is 32.2. The van der Waals surface area contributed by atoms with Crippen LogP contribution in [0.3, 0.4) is 0 Å². The summed E-state index contributed by atoms with van der Waals surface area (Å²) in [5, 5.41) is 9.94. The van der Waals surface area contributed by atoms with Crippen molar-refractivity contribution in [1.82, 2.24) is 9.97 Å². The van der Waals surface area contributed by atoms with E-state index in [-0.39, 0.29) is 21.8 Å². The minimum absolute atomic E-state index is 0.0259. The molecule has 0 radical (unpaired) electrons. The Morgan fingerprint density at radius 3 is 2.24 bits per heavy atom. The Bertz CT molecular complexity index is 1620. The second-order valence-corrected chi connectivity index (χ2v) is 10.5. The van der Waals surface area contributed by atoms with E-state index in [1.165, 1.54) is 50.2 Å². The number of nitrogens with one attached hydrogen (secondary N) is 1. The SMILES string of the molecule is CC(C)(O)C(N)=NS(=O)(=O)c1cccc(C(=O)C(C(=O)c2cccc(F)c2)c2nc3ccccc3[nH]2)c1. The lowest BCUT2D eigenvalue weighted by Crippen LogP contribution is -2.38. The number of para-hydroxylation sites is 2. The van der Waals surface area contributed by atoms with E-state index < -0.39 is 44.8 Å². The van der Waals surface area contributed by atoms with E-state index in [2.05, 4.69) is 14.4 Å². The predicted molar refractivity (Wildman–Crippen MR) is 135 cm³/mol. The molecule has 190 valence electrons. The van der Waals surface area contributed by atoms with E-state index in [1.807, 2.05) is 0 Å². The molecule has 11 heteroatoms. The van der Waals surface area contributed by atoms with Crippen molar-refractivity contribution in [2.45, 2.75) is 30.3 Å². The van der Waals surface area contributed by atoms with Gasteiger partial charge in [0.05, 0.1) is 15.9 Å². The summed E-state index contributed by atoms with van der Waals surface area (Å²) in [6.45, 7) is 2.55. The van der Waals surface area contributed by atoms with Crippen molar-refractivity contribution in [3.8, 4) is 0 Å². The molecule has 37 heavy (non-hydrogen) atoms. The highest BCUT2D eigenvalue weighted by Crippen LogP contribution is 2.27. The van der Waals surface area contributed by atoms with E-state index in [9.17, 15) is 27.5 Å². The quantitative estimate of drug-likeness (QED) is 0.139. The van der Waals surface area contributed by atoms with Crippen molar-refractivity contribution < 1.29 is 27.5 Å². The summed E-state index contributed by atoms with van der Waals surface area (Å²) in [5.41, 5.74) is 4.85. The number of nitrogens with zero attached hydrogens (tertiary/aromatic N) is 2. The molecule has 0 aliphatic heterocycles. The third-order valence-electron chi connectivity index (χ3n) is 5.58. The molecule has 3 aromatic carbocycles. The van der Waals surface area contributed by atoms with Crippen LogP contribution in [-0.4, -0.2) is 46.5 Å². The monoisotopic (exact) mass is 522 g/mol. The summed E-state index contributed by atoms with van der Waals surface area (Å²) in [4.78, 5) is 34.2. The molecule has 1 heterocycles. The Kier molecular flexibility index (Phi) is 6.76. The molecular weight excluding hydrogens is 499 g/mol. The normalized spacial score (nSPS) is 13.5.